The highest BCUT2D eigenvalue weighted by atomic mass is 127. The van der Waals surface area contributed by atoms with Gasteiger partial charge < -0.3 is 15.2 Å². The van der Waals surface area contributed by atoms with E-state index in [9.17, 15) is 0 Å². The Morgan fingerprint density at radius 3 is 2.81 bits per heavy atom. The maximum absolute atomic E-state index is 5.99. The summed E-state index contributed by atoms with van der Waals surface area (Å²) in [4.78, 5) is 12.8. The van der Waals surface area contributed by atoms with Crippen molar-refractivity contribution in [3.8, 4) is 11.4 Å². The van der Waals surface area contributed by atoms with Crippen LogP contribution < -0.4 is 10.6 Å². The summed E-state index contributed by atoms with van der Waals surface area (Å²) in [7, 11) is 1.71. The van der Waals surface area contributed by atoms with Crippen molar-refractivity contribution in [2.24, 2.45) is 4.99 Å². The molecule has 0 aliphatic heterocycles. The van der Waals surface area contributed by atoms with Gasteiger partial charge >= 0.3 is 0 Å². The van der Waals surface area contributed by atoms with Crippen molar-refractivity contribution in [3.05, 3.63) is 65.3 Å². The van der Waals surface area contributed by atoms with Gasteiger partial charge in [0.25, 0.3) is 0 Å². The third-order valence-corrected chi connectivity index (χ3v) is 3.82. The molecule has 0 bridgehead atoms. The molecule has 0 saturated heterocycles. The average Bonchev–Trinajstić information content (AvgIpc) is 3.14. The van der Waals surface area contributed by atoms with Gasteiger partial charge in [-0.15, -0.1) is 24.0 Å². The molecule has 0 aliphatic rings. The Morgan fingerprint density at radius 2 is 2.07 bits per heavy atom. The Balaban J connectivity index is 0.00000261. The minimum absolute atomic E-state index is 0. The molecule has 2 heterocycles. The van der Waals surface area contributed by atoms with Crippen LogP contribution in [0.15, 0.2) is 58.2 Å². The smallest absolute Gasteiger partial charge is 0.246 e. The molecular weight excluding hydrogens is 479 g/mol. The highest BCUT2D eigenvalue weighted by molar-refractivity contribution is 14.0. The summed E-state index contributed by atoms with van der Waals surface area (Å²) in [6.07, 6.45) is 2.59. The van der Waals surface area contributed by atoms with Crippen LogP contribution in [-0.2, 0) is 13.0 Å². The minimum Gasteiger partial charge on any atom is -0.356 e. The maximum Gasteiger partial charge on any atom is 0.246 e. The van der Waals surface area contributed by atoms with E-state index in [4.69, 9.17) is 16.1 Å². The zero-order chi connectivity index (χ0) is 18.2. The fourth-order valence-electron chi connectivity index (χ4n) is 2.31. The number of nitrogens with one attached hydrogen (secondary N) is 2. The topological polar surface area (TPSA) is 88.2 Å². The molecule has 2 aromatic heterocycles. The van der Waals surface area contributed by atoms with Crippen LogP contribution in [0.5, 0.6) is 0 Å². The van der Waals surface area contributed by atoms with Crippen LogP contribution in [0.25, 0.3) is 11.4 Å². The number of hydrogen-bond donors (Lipinski definition) is 2. The van der Waals surface area contributed by atoms with Crippen LogP contribution in [0.4, 0.5) is 0 Å². The maximum atomic E-state index is 5.99. The van der Waals surface area contributed by atoms with Gasteiger partial charge in [0.1, 0.15) is 0 Å². The molecule has 3 rings (SSSR count). The predicted molar refractivity (Wildman–Crippen MR) is 116 cm³/mol. The lowest BCUT2D eigenvalue weighted by molar-refractivity contribution is 0.375. The lowest BCUT2D eigenvalue weighted by atomic mass is 10.2. The zero-order valence-electron chi connectivity index (χ0n) is 14.7. The molecule has 0 fully saturated rings. The number of nitrogens with zero attached hydrogens (tertiary/aromatic N) is 4. The Labute approximate surface area is 179 Å². The number of guanidine groups is 1. The number of aliphatic imine (C=N–C) groups is 1. The van der Waals surface area contributed by atoms with E-state index in [0.717, 1.165) is 17.7 Å². The van der Waals surface area contributed by atoms with Gasteiger partial charge in [0.15, 0.2) is 5.96 Å². The van der Waals surface area contributed by atoms with E-state index in [1.165, 1.54) is 0 Å². The summed E-state index contributed by atoms with van der Waals surface area (Å²) in [5, 5.41) is 11.0. The summed E-state index contributed by atoms with van der Waals surface area (Å²) >= 11 is 5.99. The Kier molecular flexibility index (Phi) is 8.46. The van der Waals surface area contributed by atoms with E-state index >= 15 is 0 Å². The van der Waals surface area contributed by atoms with E-state index in [0.29, 0.717) is 35.8 Å². The van der Waals surface area contributed by atoms with Crippen molar-refractivity contribution >= 4 is 41.5 Å². The van der Waals surface area contributed by atoms with Crippen molar-refractivity contribution < 1.29 is 4.52 Å². The molecule has 0 aliphatic carbocycles. The summed E-state index contributed by atoms with van der Waals surface area (Å²) in [5.41, 5.74) is 1.84. The molecule has 2 N–H and O–H groups in total. The first-order valence-corrected chi connectivity index (χ1v) is 8.55. The molecule has 142 valence electrons. The molecule has 0 saturated carbocycles. The second kappa shape index (κ2) is 10.8. The molecule has 0 unspecified atom stereocenters. The average molecular weight is 499 g/mol. The van der Waals surface area contributed by atoms with Gasteiger partial charge in [-0.05, 0) is 24.3 Å². The number of aromatic nitrogens is 3. The van der Waals surface area contributed by atoms with Crippen LogP contribution in [0.1, 0.15) is 11.6 Å². The molecule has 0 radical (unpaired) electrons. The quantitative estimate of drug-likeness (QED) is 0.308. The summed E-state index contributed by atoms with van der Waals surface area (Å²) < 4.78 is 5.27. The van der Waals surface area contributed by atoms with Crippen LogP contribution in [0.3, 0.4) is 0 Å². The number of hydrogen-bond acceptors (Lipinski definition) is 5. The van der Waals surface area contributed by atoms with Gasteiger partial charge in [-0.25, -0.2) is 0 Å². The highest BCUT2D eigenvalue weighted by Crippen LogP contribution is 2.19. The molecule has 1 aromatic carbocycles. The van der Waals surface area contributed by atoms with Gasteiger partial charge in [0.2, 0.25) is 11.7 Å². The molecule has 3 aromatic rings. The largest absolute Gasteiger partial charge is 0.356 e. The summed E-state index contributed by atoms with van der Waals surface area (Å²) in [6.45, 7) is 1.09. The fourth-order valence-corrected chi connectivity index (χ4v) is 2.50. The van der Waals surface area contributed by atoms with Crippen LogP contribution in [-0.4, -0.2) is 34.7 Å². The lowest BCUT2D eigenvalue weighted by Gasteiger charge is -2.09. The van der Waals surface area contributed by atoms with E-state index in [1.807, 2.05) is 30.3 Å². The van der Waals surface area contributed by atoms with Crippen LogP contribution >= 0.6 is 35.6 Å². The fraction of sp³-hybridized carbons (Fsp3) is 0.222. The van der Waals surface area contributed by atoms with Crippen molar-refractivity contribution in [2.75, 3.05) is 13.6 Å². The molecule has 0 atom stereocenters. The second-order valence-electron chi connectivity index (χ2n) is 5.45. The van der Waals surface area contributed by atoms with Gasteiger partial charge in [-0.3, -0.25) is 9.98 Å². The second-order valence-corrected chi connectivity index (χ2v) is 5.88. The van der Waals surface area contributed by atoms with Gasteiger partial charge in [-0.1, -0.05) is 35.0 Å². The first-order valence-electron chi connectivity index (χ1n) is 8.17. The molecule has 0 spiro atoms. The number of rotatable bonds is 6. The zero-order valence-corrected chi connectivity index (χ0v) is 17.8. The monoisotopic (exact) mass is 498 g/mol. The standard InChI is InChI=1S/C18H19ClN6O.HI/c1-20-18(22-10-8-15-7-2-3-9-21-15)23-12-16-24-17(25-26-16)13-5-4-6-14(19)11-13;/h2-7,9,11H,8,10,12H2,1H3,(H2,20,22,23);1H. The number of pyridine rings is 1. The van der Waals surface area contributed by atoms with Crippen LogP contribution in [0, 0.1) is 0 Å². The van der Waals surface area contributed by atoms with E-state index in [2.05, 4.69) is 30.8 Å². The SMILES string of the molecule is CN=C(NCCc1ccccn1)NCc1nc(-c2cccc(Cl)c2)no1.I. The molecule has 7 nitrogen and oxygen atoms in total. The Morgan fingerprint density at radius 1 is 1.19 bits per heavy atom. The molecule has 0 amide bonds. The predicted octanol–water partition coefficient (Wildman–Crippen LogP) is 3.31. The third-order valence-electron chi connectivity index (χ3n) is 3.58. The third kappa shape index (κ3) is 6.47. The molecule has 27 heavy (non-hydrogen) atoms. The van der Waals surface area contributed by atoms with Crippen molar-refractivity contribution in [2.45, 2.75) is 13.0 Å². The van der Waals surface area contributed by atoms with Gasteiger partial charge in [0, 0.05) is 42.5 Å². The first kappa shape index (κ1) is 21.1. The lowest BCUT2D eigenvalue weighted by Crippen LogP contribution is -2.38. The number of halogens is 2. The number of benzene rings is 1. The van der Waals surface area contributed by atoms with E-state index in [-0.39, 0.29) is 24.0 Å². The normalized spacial score (nSPS) is 11.0. The molecule has 9 heteroatoms. The van der Waals surface area contributed by atoms with E-state index < -0.39 is 0 Å². The molecular formula is C18H20ClIN6O. The first-order chi connectivity index (χ1) is 12.7. The highest BCUT2D eigenvalue weighted by Gasteiger charge is 2.09. The van der Waals surface area contributed by atoms with Crippen LogP contribution in [0.2, 0.25) is 5.02 Å². The van der Waals surface area contributed by atoms with Gasteiger partial charge in [0.05, 0.1) is 6.54 Å². The Bertz CT molecular complexity index is 871. The van der Waals surface area contributed by atoms with E-state index in [1.54, 1.807) is 25.4 Å². The van der Waals surface area contributed by atoms with Crippen molar-refractivity contribution in [3.63, 3.8) is 0 Å². The Hall–Kier alpha value is -2.20. The summed E-state index contributed by atoms with van der Waals surface area (Å²) in [5.74, 6) is 1.62. The summed E-state index contributed by atoms with van der Waals surface area (Å²) in [6, 6.07) is 13.2. The van der Waals surface area contributed by atoms with Crippen molar-refractivity contribution in [1.82, 2.24) is 25.8 Å². The van der Waals surface area contributed by atoms with Gasteiger partial charge in [-0.2, -0.15) is 4.98 Å². The minimum atomic E-state index is 0. The van der Waals surface area contributed by atoms with Crippen molar-refractivity contribution in [1.29, 1.82) is 0 Å².